The van der Waals surface area contributed by atoms with E-state index in [1.165, 1.54) is 20.9 Å². The van der Waals surface area contributed by atoms with E-state index in [1.54, 1.807) is 0 Å². The minimum atomic E-state index is -5.19. The molecule has 0 aliphatic heterocycles. The molecule has 0 aliphatic rings. The number of carbonyl (C=O) groups excluding carboxylic acids is 2. The number of hydrogen-bond donors (Lipinski definition) is 1. The molecular formula is C16H17F5N6O3. The van der Waals surface area contributed by atoms with Crippen molar-refractivity contribution >= 4 is 23.5 Å². The highest BCUT2D eigenvalue weighted by Crippen LogP contribution is 2.45. The maximum atomic E-state index is 14.0. The number of ether oxygens (including phenoxy) is 1. The van der Waals surface area contributed by atoms with Gasteiger partial charge in [-0.3, -0.25) is 14.9 Å². The van der Waals surface area contributed by atoms with Gasteiger partial charge in [-0.1, -0.05) is 12.0 Å². The Balaban J connectivity index is 2.74. The number of rotatable bonds is 7. The van der Waals surface area contributed by atoms with Crippen molar-refractivity contribution in [2.75, 3.05) is 16.8 Å². The number of benzene rings is 1. The summed E-state index contributed by atoms with van der Waals surface area (Å²) >= 11 is 0. The van der Waals surface area contributed by atoms with Crippen LogP contribution in [-0.4, -0.2) is 45.2 Å². The predicted molar refractivity (Wildman–Crippen MR) is 93.1 cm³/mol. The zero-order valence-corrected chi connectivity index (χ0v) is 16.0. The normalized spacial score (nSPS) is 11.5. The van der Waals surface area contributed by atoms with Crippen molar-refractivity contribution in [1.29, 1.82) is 0 Å². The summed E-state index contributed by atoms with van der Waals surface area (Å²) in [6.45, 7) is -0.987. The number of nitrogens with one attached hydrogen (secondary N) is 1. The molecule has 1 N–H and O–H groups in total. The maximum absolute atomic E-state index is 14.0. The maximum Gasteiger partial charge on any atom is 0.419 e. The van der Waals surface area contributed by atoms with Gasteiger partial charge in [0.25, 0.3) is 5.91 Å². The van der Waals surface area contributed by atoms with E-state index < -0.39 is 47.2 Å². The van der Waals surface area contributed by atoms with Crippen LogP contribution in [0.4, 0.5) is 33.6 Å². The molecule has 0 aliphatic carbocycles. The molecule has 0 saturated carbocycles. The predicted octanol–water partition coefficient (Wildman–Crippen LogP) is 2.85. The van der Waals surface area contributed by atoms with E-state index >= 15 is 0 Å². The average Bonchev–Trinajstić information content (AvgIpc) is 3.06. The molecule has 30 heavy (non-hydrogen) atoms. The lowest BCUT2D eigenvalue weighted by molar-refractivity contribution is -0.137. The number of alkyl halides is 5. The zero-order chi connectivity index (χ0) is 22.6. The zero-order valence-electron chi connectivity index (χ0n) is 16.0. The Hall–Kier alpha value is -3.32. The van der Waals surface area contributed by atoms with Gasteiger partial charge in [0.2, 0.25) is 11.9 Å². The molecule has 0 spiro atoms. The Morgan fingerprint density at radius 2 is 1.93 bits per heavy atom. The first-order valence-electron chi connectivity index (χ1n) is 8.54. The molecule has 0 unspecified atom stereocenters. The van der Waals surface area contributed by atoms with E-state index in [-0.39, 0.29) is 18.9 Å². The van der Waals surface area contributed by atoms with Gasteiger partial charge in [0, 0.05) is 20.0 Å². The van der Waals surface area contributed by atoms with Crippen molar-refractivity contribution in [3.63, 3.8) is 0 Å². The number of anilines is 2. The highest BCUT2D eigenvalue weighted by molar-refractivity contribution is 6.07. The van der Waals surface area contributed by atoms with Gasteiger partial charge in [-0.2, -0.15) is 22.0 Å². The van der Waals surface area contributed by atoms with Gasteiger partial charge >= 0.3 is 12.8 Å². The van der Waals surface area contributed by atoms with E-state index in [4.69, 9.17) is 0 Å². The first-order valence-corrected chi connectivity index (χ1v) is 8.54. The van der Waals surface area contributed by atoms with Gasteiger partial charge in [-0.05, 0) is 29.5 Å². The molecule has 1 aromatic heterocycles. The van der Waals surface area contributed by atoms with E-state index in [2.05, 4.69) is 25.6 Å². The molecule has 0 saturated heterocycles. The molecule has 14 heteroatoms. The van der Waals surface area contributed by atoms with Gasteiger partial charge in [0.15, 0.2) is 5.75 Å². The summed E-state index contributed by atoms with van der Waals surface area (Å²) in [5.41, 5.74) is -3.50. The van der Waals surface area contributed by atoms with E-state index in [9.17, 15) is 31.5 Å². The lowest BCUT2D eigenvalue weighted by atomic mass is 10.0. The van der Waals surface area contributed by atoms with Gasteiger partial charge in [-0.25, -0.2) is 4.68 Å². The quantitative estimate of drug-likeness (QED) is 0.670. The van der Waals surface area contributed by atoms with Crippen LogP contribution >= 0.6 is 0 Å². The SMILES string of the molecule is CCC(=O)N(CC)c1c(OC(F)F)ccc(C(=O)Nc2nnnn2C)c1C(F)(F)F. The molecule has 9 nitrogen and oxygen atoms in total. The van der Waals surface area contributed by atoms with Crippen LogP contribution in [0, 0.1) is 0 Å². The monoisotopic (exact) mass is 436 g/mol. The number of aryl methyl sites for hydroxylation is 1. The van der Waals surface area contributed by atoms with Gasteiger partial charge in [0.05, 0.1) is 16.8 Å². The van der Waals surface area contributed by atoms with E-state index in [0.29, 0.717) is 11.0 Å². The molecular weight excluding hydrogens is 419 g/mol. The fraction of sp³-hybridized carbons (Fsp3) is 0.438. The average molecular weight is 436 g/mol. The summed E-state index contributed by atoms with van der Waals surface area (Å²) in [7, 11) is 1.34. The summed E-state index contributed by atoms with van der Waals surface area (Å²) in [5, 5.41) is 12.2. The summed E-state index contributed by atoms with van der Waals surface area (Å²) < 4.78 is 72.9. The van der Waals surface area contributed by atoms with Crippen molar-refractivity contribution in [2.24, 2.45) is 7.05 Å². The topological polar surface area (TPSA) is 102 Å². The van der Waals surface area contributed by atoms with Crippen LogP contribution in [0.15, 0.2) is 12.1 Å². The molecule has 2 aromatic rings. The molecule has 2 rings (SSSR count). The van der Waals surface area contributed by atoms with Crippen LogP contribution < -0.4 is 15.0 Å². The lowest BCUT2D eigenvalue weighted by Gasteiger charge is -2.28. The number of amides is 2. The number of aromatic nitrogens is 4. The van der Waals surface area contributed by atoms with Crippen LogP contribution in [0.25, 0.3) is 0 Å². The van der Waals surface area contributed by atoms with Crippen molar-refractivity contribution < 1.29 is 36.3 Å². The van der Waals surface area contributed by atoms with E-state index in [1.807, 2.05) is 0 Å². The third-order valence-electron chi connectivity index (χ3n) is 3.92. The molecule has 1 heterocycles. The molecule has 0 radical (unpaired) electrons. The number of tetrazole rings is 1. The van der Waals surface area contributed by atoms with E-state index in [0.717, 1.165) is 10.7 Å². The second kappa shape index (κ2) is 9.00. The number of halogens is 5. The van der Waals surface area contributed by atoms with Crippen molar-refractivity contribution in [1.82, 2.24) is 20.2 Å². The highest BCUT2D eigenvalue weighted by atomic mass is 19.4. The van der Waals surface area contributed by atoms with Crippen molar-refractivity contribution in [3.8, 4) is 5.75 Å². The molecule has 0 bridgehead atoms. The van der Waals surface area contributed by atoms with Crippen molar-refractivity contribution in [3.05, 3.63) is 23.3 Å². The fourth-order valence-corrected chi connectivity index (χ4v) is 2.66. The van der Waals surface area contributed by atoms with Gasteiger partial charge in [0.1, 0.15) is 0 Å². The Labute approximate surface area is 166 Å². The summed E-state index contributed by atoms with van der Waals surface area (Å²) in [6.07, 6.45) is -5.40. The van der Waals surface area contributed by atoms with Gasteiger partial charge < -0.3 is 9.64 Å². The Kier molecular flexibility index (Phi) is 6.89. The van der Waals surface area contributed by atoms with Crippen molar-refractivity contribution in [2.45, 2.75) is 33.1 Å². The second-order valence-electron chi connectivity index (χ2n) is 5.78. The van der Waals surface area contributed by atoms with Crippen LogP contribution in [-0.2, 0) is 18.0 Å². The Morgan fingerprint density at radius 1 is 1.27 bits per heavy atom. The largest absolute Gasteiger partial charge is 0.433 e. The third-order valence-corrected chi connectivity index (χ3v) is 3.92. The molecule has 2 amide bonds. The van der Waals surface area contributed by atoms with Crippen LogP contribution in [0.5, 0.6) is 5.75 Å². The molecule has 0 atom stereocenters. The first kappa shape index (κ1) is 23.0. The van der Waals surface area contributed by atoms with Crippen LogP contribution in [0.3, 0.4) is 0 Å². The van der Waals surface area contributed by atoms with Gasteiger partial charge in [-0.15, -0.1) is 0 Å². The summed E-state index contributed by atoms with van der Waals surface area (Å²) in [5.74, 6) is -3.18. The second-order valence-corrected chi connectivity index (χ2v) is 5.78. The Bertz CT molecular complexity index is 931. The number of carbonyl (C=O) groups is 2. The molecule has 164 valence electrons. The standard InChI is InChI=1S/C16H17F5N6O3/c1-4-10(28)27(5-2)12-9(30-14(17)18)7-6-8(11(12)16(19,20)21)13(29)22-15-23-24-25-26(15)3/h6-7,14H,4-5H2,1-3H3,(H,22,23,25,29). The number of nitrogens with zero attached hydrogens (tertiary/aromatic N) is 5. The minimum absolute atomic E-state index is 0.208. The molecule has 1 aromatic carbocycles. The number of hydrogen-bond acceptors (Lipinski definition) is 6. The summed E-state index contributed by atoms with van der Waals surface area (Å²) in [4.78, 5) is 25.4. The molecule has 0 fully saturated rings. The lowest BCUT2D eigenvalue weighted by Crippen LogP contribution is -2.34. The minimum Gasteiger partial charge on any atom is -0.433 e. The first-order chi connectivity index (χ1) is 14.0. The Morgan fingerprint density at radius 3 is 2.40 bits per heavy atom. The van der Waals surface area contributed by atoms with Crippen LogP contribution in [0.2, 0.25) is 0 Å². The highest BCUT2D eigenvalue weighted by Gasteiger charge is 2.42. The smallest absolute Gasteiger partial charge is 0.419 e. The third kappa shape index (κ3) is 4.80. The fourth-order valence-electron chi connectivity index (χ4n) is 2.66. The summed E-state index contributed by atoms with van der Waals surface area (Å²) in [6, 6.07) is 1.44. The van der Waals surface area contributed by atoms with Crippen LogP contribution in [0.1, 0.15) is 36.2 Å².